The Labute approximate surface area is 255 Å². The minimum atomic E-state index is -0.380. The molecule has 6 nitrogen and oxygen atoms in total. The van der Waals surface area contributed by atoms with Crippen LogP contribution in [0.25, 0.3) is 11.3 Å². The summed E-state index contributed by atoms with van der Waals surface area (Å²) in [5, 5.41) is 0. The molecule has 2 radical (unpaired) electrons. The molecule has 1 atom stereocenters. The van der Waals surface area contributed by atoms with Crippen molar-refractivity contribution in [1.82, 2.24) is 19.8 Å². The maximum Gasteiger partial charge on any atom is 0.150 e. The highest BCUT2D eigenvalue weighted by atomic mass is 79.9. The van der Waals surface area contributed by atoms with Crippen molar-refractivity contribution in [2.45, 2.75) is 31.7 Å². The Hall–Kier alpha value is -3.37. The first-order valence-electron chi connectivity index (χ1n) is 13.2. The van der Waals surface area contributed by atoms with E-state index in [4.69, 9.17) is 17.8 Å². The second-order valence-electron chi connectivity index (χ2n) is 10.2. The highest BCUT2D eigenvalue weighted by Crippen LogP contribution is 2.44. The summed E-state index contributed by atoms with van der Waals surface area (Å²) in [7, 11) is 6.65. The molecule has 4 heterocycles. The van der Waals surface area contributed by atoms with E-state index in [-0.39, 0.29) is 11.9 Å². The Kier molecular flexibility index (Phi) is 8.16. The van der Waals surface area contributed by atoms with E-state index in [0.717, 1.165) is 52.0 Å². The van der Waals surface area contributed by atoms with Gasteiger partial charge in [0.2, 0.25) is 0 Å². The van der Waals surface area contributed by atoms with Crippen molar-refractivity contribution in [2.24, 2.45) is 4.99 Å². The first-order valence-corrected chi connectivity index (χ1v) is 15.3. The van der Waals surface area contributed by atoms with Crippen LogP contribution in [-0.4, -0.2) is 65.4 Å². The topological polar surface area (TPSA) is 47.9 Å². The van der Waals surface area contributed by atoms with Gasteiger partial charge >= 0.3 is 0 Å². The van der Waals surface area contributed by atoms with E-state index < -0.39 is 0 Å². The fraction of sp³-hybridized carbons (Fsp3) is 0.258. The fourth-order valence-corrected chi connectivity index (χ4v) is 6.89. The molecule has 0 amide bonds. The zero-order chi connectivity index (χ0) is 29.6. The number of benzene rings is 1. The maximum absolute atomic E-state index is 15.2. The van der Waals surface area contributed by atoms with E-state index in [1.165, 1.54) is 6.07 Å². The third-order valence-electron chi connectivity index (χ3n) is 7.46. The average molecular weight is 629 g/mol. The smallest absolute Gasteiger partial charge is 0.150 e. The third-order valence-corrected chi connectivity index (χ3v) is 8.77. The Morgan fingerprint density at radius 2 is 1.98 bits per heavy atom. The van der Waals surface area contributed by atoms with E-state index in [2.05, 4.69) is 57.4 Å². The molecule has 208 valence electrons. The molecule has 2 aliphatic rings. The lowest BCUT2D eigenvalue weighted by molar-refractivity contribution is 0.171. The molecule has 1 unspecified atom stereocenters. The second kappa shape index (κ2) is 11.5. The number of thioether (sulfide) groups is 1. The van der Waals surface area contributed by atoms with E-state index in [9.17, 15) is 0 Å². The van der Waals surface area contributed by atoms with Crippen LogP contribution in [0, 0.1) is 19.7 Å². The summed E-state index contributed by atoms with van der Waals surface area (Å²) in [6, 6.07) is 8.95. The number of hydrogen-bond acceptors (Lipinski definition) is 7. The van der Waals surface area contributed by atoms with Crippen LogP contribution in [0.3, 0.4) is 0 Å². The predicted molar refractivity (Wildman–Crippen MR) is 173 cm³/mol. The monoisotopic (exact) mass is 628 g/mol. The molecule has 0 N–H and O–H groups in total. The van der Waals surface area contributed by atoms with Gasteiger partial charge in [0.15, 0.2) is 5.82 Å². The van der Waals surface area contributed by atoms with Gasteiger partial charge in [-0.3, -0.25) is 4.90 Å². The minimum absolute atomic E-state index is 0.107. The standard InChI is InChI=1S/C31H31BBrFN6S/c1-8-19(4)38-12-13-39(20(5)16-38)30-22-15-23(32)27(26-17(2)10-9-11-24(26)34)37-31(22)40(21(6)36-30)28-25(41-7)14-18(3)35-29(28)33/h8-11,14-15,20H,1,4,6,12-13,16H2,2-3,5,7H3. The van der Waals surface area contributed by atoms with Crippen LogP contribution in [-0.2, 0) is 0 Å². The Balaban J connectivity index is 1.73. The number of aromatic nitrogens is 2. The summed E-state index contributed by atoms with van der Waals surface area (Å²) >= 11 is 5.27. The van der Waals surface area contributed by atoms with E-state index >= 15 is 4.39 Å². The molecule has 1 fully saturated rings. The van der Waals surface area contributed by atoms with Crippen molar-refractivity contribution in [3.05, 3.63) is 94.9 Å². The lowest BCUT2D eigenvalue weighted by atomic mass is 9.87. The molecule has 0 aliphatic carbocycles. The number of fused-ring (bicyclic) bond motifs is 1. The molecule has 0 bridgehead atoms. The molecule has 1 saturated heterocycles. The number of allylic oxidation sites excluding steroid dienone is 1. The molecular weight excluding hydrogens is 598 g/mol. The van der Waals surface area contributed by atoms with Gasteiger partial charge in [0.25, 0.3) is 0 Å². The van der Waals surface area contributed by atoms with E-state index in [0.29, 0.717) is 39.5 Å². The number of anilines is 2. The van der Waals surface area contributed by atoms with Crippen LogP contribution in [0.1, 0.15) is 23.7 Å². The van der Waals surface area contributed by atoms with Crippen molar-refractivity contribution in [1.29, 1.82) is 0 Å². The van der Waals surface area contributed by atoms with Crippen LogP contribution in [0.2, 0.25) is 0 Å². The number of aryl methyl sites for hydroxylation is 2. The fourth-order valence-electron chi connectivity index (χ4n) is 5.41. The first-order chi connectivity index (χ1) is 19.5. The van der Waals surface area contributed by atoms with Crippen molar-refractivity contribution < 1.29 is 4.39 Å². The van der Waals surface area contributed by atoms with Gasteiger partial charge in [-0.15, -0.1) is 11.8 Å². The molecule has 10 heteroatoms. The lowest BCUT2D eigenvalue weighted by Gasteiger charge is -2.44. The summed E-state index contributed by atoms with van der Waals surface area (Å²) in [4.78, 5) is 22.1. The van der Waals surface area contributed by atoms with Crippen molar-refractivity contribution in [2.75, 3.05) is 30.8 Å². The quantitative estimate of drug-likeness (QED) is 0.144. The van der Waals surface area contributed by atoms with Gasteiger partial charge in [-0.25, -0.2) is 19.4 Å². The molecule has 1 aromatic carbocycles. The minimum Gasteiger partial charge on any atom is -0.368 e. The van der Waals surface area contributed by atoms with Gasteiger partial charge in [-0.1, -0.05) is 43.4 Å². The molecule has 3 aromatic rings. The van der Waals surface area contributed by atoms with Gasteiger partial charge in [0, 0.05) is 47.5 Å². The van der Waals surface area contributed by atoms with Crippen LogP contribution in [0.5, 0.6) is 0 Å². The van der Waals surface area contributed by atoms with Gasteiger partial charge < -0.3 is 9.80 Å². The second-order valence-corrected chi connectivity index (χ2v) is 11.8. The lowest BCUT2D eigenvalue weighted by Crippen LogP contribution is -2.54. The van der Waals surface area contributed by atoms with Gasteiger partial charge in [0.05, 0.1) is 16.9 Å². The average Bonchev–Trinajstić information content (AvgIpc) is 2.93. The zero-order valence-corrected chi connectivity index (χ0v) is 26.1. The highest BCUT2D eigenvalue weighted by Gasteiger charge is 2.36. The van der Waals surface area contributed by atoms with Crippen LogP contribution in [0.4, 0.5) is 15.9 Å². The Bertz CT molecular complexity index is 1600. The zero-order valence-electron chi connectivity index (χ0n) is 23.7. The highest BCUT2D eigenvalue weighted by molar-refractivity contribution is 9.10. The molecule has 0 spiro atoms. The molecule has 5 rings (SSSR count). The van der Waals surface area contributed by atoms with Gasteiger partial charge in [-0.2, -0.15) is 0 Å². The summed E-state index contributed by atoms with van der Waals surface area (Å²) in [6.45, 7) is 20.5. The molecule has 0 saturated carbocycles. The number of halogens is 2. The summed E-state index contributed by atoms with van der Waals surface area (Å²) in [5.41, 5.74) is 5.15. The van der Waals surface area contributed by atoms with E-state index in [1.807, 2.05) is 43.2 Å². The Morgan fingerprint density at radius 3 is 2.63 bits per heavy atom. The molecular formula is C31H31BBrFN6S. The number of nitrogens with zero attached hydrogens (tertiary/aromatic N) is 6. The van der Waals surface area contributed by atoms with Crippen molar-refractivity contribution >= 4 is 58.3 Å². The normalized spacial score (nSPS) is 16.9. The Morgan fingerprint density at radius 1 is 1.22 bits per heavy atom. The van der Waals surface area contributed by atoms with Gasteiger partial charge in [0.1, 0.15) is 29.9 Å². The summed E-state index contributed by atoms with van der Waals surface area (Å²) < 4.78 is 15.9. The van der Waals surface area contributed by atoms with E-state index in [1.54, 1.807) is 23.9 Å². The molecule has 41 heavy (non-hydrogen) atoms. The number of pyridine rings is 2. The molecule has 2 aliphatic heterocycles. The maximum atomic E-state index is 15.2. The number of rotatable bonds is 5. The summed E-state index contributed by atoms with van der Waals surface area (Å²) in [6.07, 6.45) is 3.79. The number of amidine groups is 1. The van der Waals surface area contributed by atoms with Crippen LogP contribution < -0.4 is 10.4 Å². The van der Waals surface area contributed by atoms with Crippen LogP contribution in [0.15, 0.2) is 82.2 Å². The van der Waals surface area contributed by atoms with Gasteiger partial charge in [-0.05, 0) is 66.7 Å². The predicted octanol–water partition coefficient (Wildman–Crippen LogP) is 6.25. The van der Waals surface area contributed by atoms with Crippen molar-refractivity contribution in [3.63, 3.8) is 0 Å². The first kappa shape index (κ1) is 29.1. The molecule has 2 aromatic heterocycles. The largest absolute Gasteiger partial charge is 0.368 e. The number of hydrogen-bond donors (Lipinski definition) is 0. The number of piperazine rings is 1. The SMILES string of the molecule is [B]c1cc2c(nc1-c1c(C)cccc1F)N(c1c(SC)cc(C)nc1Br)C(=C)N=C2N1CCN(C(=C)C=C)CC1C. The van der Waals surface area contributed by atoms with Crippen molar-refractivity contribution in [3.8, 4) is 11.3 Å². The third kappa shape index (κ3) is 5.23. The number of aliphatic imine (C=N–C) groups is 1. The van der Waals surface area contributed by atoms with Crippen LogP contribution >= 0.6 is 27.7 Å². The summed E-state index contributed by atoms with van der Waals surface area (Å²) in [5.74, 6) is 1.40.